The third-order valence-electron chi connectivity index (χ3n) is 5.66. The molecule has 0 saturated carbocycles. The number of likely N-dealkylation sites (tertiary alicyclic amines) is 1. The Kier molecular flexibility index (Phi) is 8.19. The summed E-state index contributed by atoms with van der Waals surface area (Å²) in [5.41, 5.74) is 5.05. The van der Waals surface area contributed by atoms with Crippen LogP contribution in [0.15, 0.2) is 48.5 Å². The summed E-state index contributed by atoms with van der Waals surface area (Å²) in [7, 11) is 0. The van der Waals surface area contributed by atoms with Crippen LogP contribution in [0.1, 0.15) is 41.5 Å². The number of aryl methyl sites for hydroxylation is 2. The van der Waals surface area contributed by atoms with Crippen molar-refractivity contribution in [1.29, 1.82) is 0 Å². The quantitative estimate of drug-likeness (QED) is 0.618. The number of Topliss-reactive ketones (excluding diaryl/α,β-unsaturated/α-hetero) is 1. The van der Waals surface area contributed by atoms with Crippen molar-refractivity contribution in [1.82, 2.24) is 0 Å². The largest absolute Gasteiger partial charge is 0.314 e. The molecule has 3 rings (SSSR count). The molecule has 2 aromatic rings. The first-order valence-corrected chi connectivity index (χ1v) is 9.54. The van der Waals surface area contributed by atoms with Crippen LogP contribution in [-0.4, -0.2) is 29.9 Å². The van der Waals surface area contributed by atoms with E-state index in [0.717, 1.165) is 24.1 Å². The summed E-state index contributed by atoms with van der Waals surface area (Å²) in [6.45, 7) is 8.15. The maximum absolute atomic E-state index is 13.0. The smallest absolute Gasteiger partial charge is 0.191 e. The third-order valence-corrected chi connectivity index (χ3v) is 5.66. The third kappa shape index (κ3) is 5.58. The van der Waals surface area contributed by atoms with Crippen LogP contribution in [-0.2, 0) is 50.5 Å². The molecule has 1 fully saturated rings. The number of hydrogen-bond donors (Lipinski definition) is 0. The number of carbonyl (C=O) groups excluding carboxylic acids is 1. The van der Waals surface area contributed by atoms with E-state index in [-0.39, 0.29) is 32.7 Å². The van der Waals surface area contributed by atoms with Gasteiger partial charge in [-0.25, -0.2) is 0 Å². The molecule has 1 saturated heterocycles. The SMILES string of the molecule is Cc1cccc(C)c1CC(=O)C[N+]1(Cc2ccccc2)CCCCC1.[Y]. The van der Waals surface area contributed by atoms with Gasteiger partial charge in [-0.3, -0.25) is 4.79 Å². The van der Waals surface area contributed by atoms with Crippen molar-refractivity contribution in [2.75, 3.05) is 19.6 Å². The number of ketones is 1. The second kappa shape index (κ2) is 9.92. The zero-order chi connectivity index (χ0) is 17.7. The minimum atomic E-state index is 0. The minimum absolute atomic E-state index is 0. The van der Waals surface area contributed by atoms with Crippen molar-refractivity contribution in [3.05, 3.63) is 70.8 Å². The van der Waals surface area contributed by atoms with Crippen molar-refractivity contribution in [2.45, 2.75) is 46.1 Å². The van der Waals surface area contributed by atoms with Crippen LogP contribution < -0.4 is 0 Å². The number of carbonyl (C=O) groups is 1. The van der Waals surface area contributed by atoms with Gasteiger partial charge in [0, 0.05) is 44.7 Å². The molecule has 3 heteroatoms. The van der Waals surface area contributed by atoms with Crippen LogP contribution in [0.3, 0.4) is 0 Å². The van der Waals surface area contributed by atoms with Crippen molar-refractivity contribution in [3.8, 4) is 0 Å². The van der Waals surface area contributed by atoms with E-state index >= 15 is 0 Å². The van der Waals surface area contributed by atoms with E-state index in [9.17, 15) is 4.79 Å². The molecule has 0 atom stereocenters. The monoisotopic (exact) mass is 425 g/mol. The van der Waals surface area contributed by atoms with Crippen LogP contribution in [0, 0.1) is 13.8 Å². The van der Waals surface area contributed by atoms with Crippen LogP contribution in [0.2, 0.25) is 0 Å². The first-order valence-electron chi connectivity index (χ1n) is 9.54. The van der Waals surface area contributed by atoms with Crippen molar-refractivity contribution in [2.24, 2.45) is 0 Å². The molecular weight excluding hydrogens is 395 g/mol. The van der Waals surface area contributed by atoms with Crippen molar-refractivity contribution in [3.63, 3.8) is 0 Å². The van der Waals surface area contributed by atoms with E-state index in [1.165, 1.54) is 41.5 Å². The fourth-order valence-corrected chi connectivity index (χ4v) is 4.28. The average molecular weight is 425 g/mol. The molecule has 0 amide bonds. The van der Waals surface area contributed by atoms with Gasteiger partial charge in [0.2, 0.25) is 0 Å². The zero-order valence-corrected chi connectivity index (χ0v) is 19.0. The van der Waals surface area contributed by atoms with Gasteiger partial charge in [0.1, 0.15) is 13.1 Å². The van der Waals surface area contributed by atoms with Crippen LogP contribution in [0.4, 0.5) is 0 Å². The van der Waals surface area contributed by atoms with E-state index in [2.05, 4.69) is 62.4 Å². The fraction of sp³-hybridized carbons (Fsp3) is 0.435. The molecule has 2 nitrogen and oxygen atoms in total. The molecule has 0 unspecified atom stereocenters. The minimum Gasteiger partial charge on any atom is -0.314 e. The van der Waals surface area contributed by atoms with E-state index in [4.69, 9.17) is 0 Å². The van der Waals surface area contributed by atoms with Gasteiger partial charge in [0.25, 0.3) is 0 Å². The molecule has 0 bridgehead atoms. The van der Waals surface area contributed by atoms with Gasteiger partial charge in [-0.15, -0.1) is 0 Å². The summed E-state index contributed by atoms with van der Waals surface area (Å²) in [5.74, 6) is 0.384. The van der Waals surface area contributed by atoms with E-state index in [1.54, 1.807) is 0 Å². The van der Waals surface area contributed by atoms with Gasteiger partial charge in [-0.1, -0.05) is 48.5 Å². The maximum Gasteiger partial charge on any atom is 0.191 e. The van der Waals surface area contributed by atoms with Gasteiger partial charge in [-0.2, -0.15) is 0 Å². The molecule has 0 aromatic heterocycles. The summed E-state index contributed by atoms with van der Waals surface area (Å²) in [4.78, 5) is 13.0. The molecule has 0 N–H and O–H groups in total. The molecular formula is C23H30NOY+. The first kappa shape index (κ1) is 21.5. The fourth-order valence-electron chi connectivity index (χ4n) is 4.28. The summed E-state index contributed by atoms with van der Waals surface area (Å²) >= 11 is 0. The number of quaternary nitrogens is 1. The topological polar surface area (TPSA) is 17.1 Å². The van der Waals surface area contributed by atoms with Gasteiger partial charge in [0.15, 0.2) is 5.78 Å². The molecule has 0 aliphatic carbocycles. The van der Waals surface area contributed by atoms with Crippen LogP contribution >= 0.6 is 0 Å². The molecule has 2 aromatic carbocycles. The van der Waals surface area contributed by atoms with Crippen LogP contribution in [0.25, 0.3) is 0 Å². The number of piperidine rings is 1. The Labute approximate surface area is 183 Å². The molecule has 1 aliphatic rings. The molecule has 1 aliphatic heterocycles. The van der Waals surface area contributed by atoms with Crippen molar-refractivity contribution >= 4 is 5.78 Å². The Morgan fingerprint density at radius 1 is 0.885 bits per heavy atom. The second-order valence-corrected chi connectivity index (χ2v) is 7.74. The number of benzene rings is 2. The Hall–Kier alpha value is -0.826. The summed E-state index contributed by atoms with van der Waals surface area (Å²) < 4.78 is 0.938. The van der Waals surface area contributed by atoms with E-state index in [0.29, 0.717) is 18.7 Å². The Morgan fingerprint density at radius 2 is 1.50 bits per heavy atom. The summed E-state index contributed by atoms with van der Waals surface area (Å²) in [5, 5.41) is 0. The Morgan fingerprint density at radius 3 is 2.12 bits per heavy atom. The normalized spacial score (nSPS) is 15.9. The van der Waals surface area contributed by atoms with Crippen molar-refractivity contribution < 1.29 is 42.0 Å². The predicted molar refractivity (Wildman–Crippen MR) is 103 cm³/mol. The molecule has 26 heavy (non-hydrogen) atoms. The van der Waals surface area contributed by atoms with E-state index in [1.807, 2.05) is 0 Å². The molecule has 0 spiro atoms. The predicted octanol–water partition coefficient (Wildman–Crippen LogP) is 4.61. The second-order valence-electron chi connectivity index (χ2n) is 7.74. The van der Waals surface area contributed by atoms with Crippen LogP contribution in [0.5, 0.6) is 0 Å². The Balaban J connectivity index is 0.00000243. The zero-order valence-electron chi connectivity index (χ0n) is 16.2. The van der Waals surface area contributed by atoms with E-state index < -0.39 is 0 Å². The first-order chi connectivity index (χ1) is 12.1. The molecule has 1 radical (unpaired) electrons. The number of nitrogens with zero attached hydrogens (tertiary/aromatic N) is 1. The summed E-state index contributed by atoms with van der Waals surface area (Å²) in [6.07, 6.45) is 4.36. The van der Waals surface area contributed by atoms with Gasteiger partial charge in [-0.05, 0) is 49.8 Å². The molecule has 1 heterocycles. The Bertz CT molecular complexity index is 700. The summed E-state index contributed by atoms with van der Waals surface area (Å²) in [6, 6.07) is 17.0. The maximum atomic E-state index is 13.0. The number of rotatable bonds is 6. The molecule has 135 valence electrons. The average Bonchev–Trinajstić information content (AvgIpc) is 2.60. The standard InChI is InChI=1S/C23H30NO.Y/c1-19-10-9-11-20(2)23(19)16-22(25)18-24(14-7-4-8-15-24)17-21-12-5-3-6-13-21;/h3,5-6,9-13H,4,7-8,14-18H2,1-2H3;/q+1;. The van der Waals surface area contributed by atoms with Gasteiger partial charge in [0.05, 0.1) is 13.1 Å². The van der Waals surface area contributed by atoms with Gasteiger partial charge < -0.3 is 4.48 Å². The van der Waals surface area contributed by atoms with Gasteiger partial charge >= 0.3 is 0 Å². The number of hydrogen-bond acceptors (Lipinski definition) is 1.